The molecule has 1 N–H and O–H groups in total. The molecule has 1 heterocycles. The molecule has 0 bridgehead atoms. The van der Waals surface area contributed by atoms with Gasteiger partial charge in [0.15, 0.2) is 0 Å². The number of hydrogen-bond donors (Lipinski definition) is 1. The molecule has 0 unspecified atom stereocenters. The van der Waals surface area contributed by atoms with Crippen LogP contribution in [0.15, 0.2) is 30.6 Å². The number of nitro groups is 1. The molecule has 0 aliphatic heterocycles. The molecule has 21 heavy (non-hydrogen) atoms. The van der Waals surface area contributed by atoms with Crippen LogP contribution in [-0.2, 0) is 0 Å². The van der Waals surface area contributed by atoms with Crippen LogP contribution < -0.4 is 5.32 Å². The molecule has 1 aromatic heterocycles. The summed E-state index contributed by atoms with van der Waals surface area (Å²) in [6.45, 7) is 3.83. The number of carbonyl (C=O) groups excluding carboxylic acids is 1. The van der Waals surface area contributed by atoms with Gasteiger partial charge in [0.2, 0.25) is 0 Å². The second-order valence-corrected chi connectivity index (χ2v) is 4.68. The molecule has 7 nitrogen and oxygen atoms in total. The van der Waals surface area contributed by atoms with E-state index < -0.39 is 16.6 Å². The van der Waals surface area contributed by atoms with Gasteiger partial charge >= 0.3 is 0 Å². The number of nitro benzene ring substituents is 1. The van der Waals surface area contributed by atoms with E-state index in [1.165, 1.54) is 6.20 Å². The molecule has 0 fully saturated rings. The van der Waals surface area contributed by atoms with E-state index in [0.717, 1.165) is 18.2 Å². The standard InChI is InChI=1S/C13H13FN4O3/c1-8(2)17-7-9(6-15-17)16-13(19)11-5-10(18(20)21)3-4-12(11)14/h3-8H,1-2H3,(H,16,19). The van der Waals surface area contributed by atoms with Gasteiger partial charge in [-0.3, -0.25) is 19.6 Å². The molecule has 8 heteroatoms. The predicted molar refractivity (Wildman–Crippen MR) is 73.6 cm³/mol. The van der Waals surface area contributed by atoms with Crippen LogP contribution in [0.2, 0.25) is 0 Å². The minimum Gasteiger partial charge on any atom is -0.319 e. The Kier molecular flexibility index (Phi) is 3.97. The van der Waals surface area contributed by atoms with Crippen LogP contribution in [0.5, 0.6) is 0 Å². The van der Waals surface area contributed by atoms with Crippen LogP contribution in [0.4, 0.5) is 15.8 Å². The van der Waals surface area contributed by atoms with E-state index in [1.807, 2.05) is 13.8 Å². The second kappa shape index (κ2) is 5.70. The smallest absolute Gasteiger partial charge is 0.270 e. The monoisotopic (exact) mass is 292 g/mol. The number of carbonyl (C=O) groups is 1. The maximum absolute atomic E-state index is 13.6. The first-order valence-corrected chi connectivity index (χ1v) is 6.18. The van der Waals surface area contributed by atoms with Crippen LogP contribution in [0.25, 0.3) is 0 Å². The minimum atomic E-state index is -0.825. The lowest BCUT2D eigenvalue weighted by atomic mass is 10.1. The summed E-state index contributed by atoms with van der Waals surface area (Å²) in [6.07, 6.45) is 3.02. The lowest BCUT2D eigenvalue weighted by Crippen LogP contribution is -2.13. The quantitative estimate of drug-likeness (QED) is 0.693. The van der Waals surface area contributed by atoms with E-state index in [2.05, 4.69) is 10.4 Å². The molecule has 0 saturated carbocycles. The zero-order valence-corrected chi connectivity index (χ0v) is 11.4. The van der Waals surface area contributed by atoms with E-state index in [1.54, 1.807) is 10.9 Å². The van der Waals surface area contributed by atoms with Gasteiger partial charge in [-0.1, -0.05) is 0 Å². The summed E-state index contributed by atoms with van der Waals surface area (Å²) in [5.41, 5.74) is -0.347. The first-order chi connectivity index (χ1) is 9.88. The molecule has 0 saturated heterocycles. The van der Waals surface area contributed by atoms with Gasteiger partial charge in [-0.15, -0.1) is 0 Å². The van der Waals surface area contributed by atoms with Crippen molar-refractivity contribution in [3.8, 4) is 0 Å². The van der Waals surface area contributed by atoms with Gasteiger partial charge in [-0.2, -0.15) is 5.10 Å². The SMILES string of the molecule is CC(C)n1cc(NC(=O)c2cc([N+](=O)[O-])ccc2F)cn1. The Morgan fingerprint density at radius 1 is 1.48 bits per heavy atom. The largest absolute Gasteiger partial charge is 0.319 e. The molecule has 2 rings (SSSR count). The van der Waals surface area contributed by atoms with Crippen molar-refractivity contribution in [2.45, 2.75) is 19.9 Å². The summed E-state index contributed by atoms with van der Waals surface area (Å²) in [5.74, 6) is -1.59. The van der Waals surface area contributed by atoms with Crippen molar-refractivity contribution in [2.75, 3.05) is 5.32 Å². The van der Waals surface area contributed by atoms with E-state index in [0.29, 0.717) is 5.69 Å². The van der Waals surface area contributed by atoms with Gasteiger partial charge in [0.1, 0.15) is 5.82 Å². The minimum absolute atomic E-state index is 0.116. The van der Waals surface area contributed by atoms with Gasteiger partial charge in [-0.25, -0.2) is 4.39 Å². The van der Waals surface area contributed by atoms with E-state index >= 15 is 0 Å². The fraction of sp³-hybridized carbons (Fsp3) is 0.231. The number of anilines is 1. The number of rotatable bonds is 4. The van der Waals surface area contributed by atoms with Crippen molar-refractivity contribution in [3.05, 3.63) is 52.1 Å². The summed E-state index contributed by atoms with van der Waals surface area (Å²) in [6, 6.07) is 2.91. The summed E-state index contributed by atoms with van der Waals surface area (Å²) >= 11 is 0. The molecule has 2 aromatic rings. The Labute approximate surface area is 119 Å². The van der Waals surface area contributed by atoms with Gasteiger partial charge in [0.05, 0.1) is 22.4 Å². The lowest BCUT2D eigenvalue weighted by molar-refractivity contribution is -0.384. The molecule has 0 radical (unpaired) electrons. The summed E-state index contributed by atoms with van der Waals surface area (Å²) in [4.78, 5) is 22.0. The van der Waals surface area contributed by atoms with Crippen LogP contribution in [-0.4, -0.2) is 20.6 Å². The Bertz CT molecular complexity index is 696. The lowest BCUT2D eigenvalue weighted by Gasteiger charge is -2.05. The third-order valence-corrected chi connectivity index (χ3v) is 2.79. The number of amides is 1. The van der Waals surface area contributed by atoms with Crippen LogP contribution in [0.3, 0.4) is 0 Å². The zero-order chi connectivity index (χ0) is 15.6. The number of aromatic nitrogens is 2. The first kappa shape index (κ1) is 14.6. The number of non-ortho nitro benzene ring substituents is 1. The number of halogens is 1. The number of hydrogen-bond acceptors (Lipinski definition) is 4. The van der Waals surface area contributed by atoms with Crippen molar-refractivity contribution >= 4 is 17.3 Å². The average molecular weight is 292 g/mol. The second-order valence-electron chi connectivity index (χ2n) is 4.68. The van der Waals surface area contributed by atoms with Crippen molar-refractivity contribution in [2.24, 2.45) is 0 Å². The highest BCUT2D eigenvalue weighted by molar-refractivity contribution is 6.04. The zero-order valence-electron chi connectivity index (χ0n) is 11.4. The molecule has 1 amide bonds. The summed E-state index contributed by atoms with van der Waals surface area (Å²) < 4.78 is 15.2. The van der Waals surface area contributed by atoms with Crippen molar-refractivity contribution < 1.29 is 14.1 Å². The van der Waals surface area contributed by atoms with E-state index in [4.69, 9.17) is 0 Å². The van der Waals surface area contributed by atoms with Crippen LogP contribution in [0, 0.1) is 15.9 Å². The van der Waals surface area contributed by atoms with E-state index in [9.17, 15) is 19.3 Å². The van der Waals surface area contributed by atoms with Crippen molar-refractivity contribution in [3.63, 3.8) is 0 Å². The van der Waals surface area contributed by atoms with E-state index in [-0.39, 0.29) is 17.3 Å². The maximum Gasteiger partial charge on any atom is 0.270 e. The fourth-order valence-electron chi connectivity index (χ4n) is 1.68. The summed E-state index contributed by atoms with van der Waals surface area (Å²) in [7, 11) is 0. The molecular formula is C13H13FN4O3. The molecule has 0 aliphatic rings. The Hall–Kier alpha value is -2.77. The van der Waals surface area contributed by atoms with Crippen LogP contribution in [0.1, 0.15) is 30.2 Å². The molecule has 0 atom stereocenters. The van der Waals surface area contributed by atoms with Crippen molar-refractivity contribution in [1.29, 1.82) is 0 Å². The highest BCUT2D eigenvalue weighted by Gasteiger charge is 2.17. The fourth-order valence-corrected chi connectivity index (χ4v) is 1.68. The highest BCUT2D eigenvalue weighted by Crippen LogP contribution is 2.18. The molecule has 110 valence electrons. The van der Waals surface area contributed by atoms with Gasteiger partial charge in [0, 0.05) is 24.4 Å². The topological polar surface area (TPSA) is 90.1 Å². The Balaban J connectivity index is 2.23. The molecule has 0 spiro atoms. The third kappa shape index (κ3) is 3.22. The molecular weight excluding hydrogens is 279 g/mol. The number of nitrogens with zero attached hydrogens (tertiary/aromatic N) is 3. The molecule has 0 aliphatic carbocycles. The molecule has 1 aromatic carbocycles. The van der Waals surface area contributed by atoms with Gasteiger partial charge < -0.3 is 5.32 Å². The highest BCUT2D eigenvalue weighted by atomic mass is 19.1. The predicted octanol–water partition coefficient (Wildman–Crippen LogP) is 2.76. The maximum atomic E-state index is 13.6. The van der Waals surface area contributed by atoms with Crippen LogP contribution >= 0.6 is 0 Å². The van der Waals surface area contributed by atoms with Gasteiger partial charge in [0.25, 0.3) is 11.6 Å². The summed E-state index contributed by atoms with van der Waals surface area (Å²) in [5, 5.41) is 17.1. The Morgan fingerprint density at radius 3 is 2.76 bits per heavy atom. The normalized spacial score (nSPS) is 10.7. The average Bonchev–Trinajstić information content (AvgIpc) is 2.87. The van der Waals surface area contributed by atoms with Crippen molar-refractivity contribution in [1.82, 2.24) is 9.78 Å². The Morgan fingerprint density at radius 2 is 2.19 bits per heavy atom. The number of benzene rings is 1. The van der Waals surface area contributed by atoms with Gasteiger partial charge in [-0.05, 0) is 19.9 Å². The third-order valence-electron chi connectivity index (χ3n) is 2.79. The number of nitrogens with one attached hydrogen (secondary N) is 1. The first-order valence-electron chi connectivity index (χ1n) is 6.18.